The largest absolute Gasteiger partial charge is 0.497 e. The van der Waals surface area contributed by atoms with Crippen LogP contribution < -0.4 is 0 Å². The summed E-state index contributed by atoms with van der Waals surface area (Å²) in [6, 6.07) is 0.319. The van der Waals surface area contributed by atoms with Gasteiger partial charge in [0, 0.05) is 0 Å². The smallest absolute Gasteiger partial charge is 0.106 e. The molecular weight excluding hydrogens is 138 g/mol. The van der Waals surface area contributed by atoms with Crippen molar-refractivity contribution in [3.05, 3.63) is 12.3 Å². The summed E-state index contributed by atoms with van der Waals surface area (Å²) in [4.78, 5) is 2.19. The SMILES string of the molecule is C=C(OCC)C(C)N(C)CC. The maximum atomic E-state index is 5.29. The van der Waals surface area contributed by atoms with Crippen molar-refractivity contribution in [1.82, 2.24) is 4.90 Å². The molecule has 0 aliphatic rings. The van der Waals surface area contributed by atoms with Crippen LogP contribution >= 0.6 is 0 Å². The minimum Gasteiger partial charge on any atom is -0.497 e. The molecule has 2 heteroatoms. The Hall–Kier alpha value is -0.500. The summed E-state index contributed by atoms with van der Waals surface area (Å²) in [5.74, 6) is 0.858. The van der Waals surface area contributed by atoms with Gasteiger partial charge in [-0.2, -0.15) is 0 Å². The Morgan fingerprint density at radius 3 is 2.45 bits per heavy atom. The van der Waals surface area contributed by atoms with Gasteiger partial charge in [0.2, 0.25) is 0 Å². The van der Waals surface area contributed by atoms with E-state index >= 15 is 0 Å². The van der Waals surface area contributed by atoms with Gasteiger partial charge in [0.05, 0.1) is 12.6 Å². The highest BCUT2D eigenvalue weighted by molar-refractivity contribution is 4.94. The predicted molar refractivity (Wildman–Crippen MR) is 48.5 cm³/mol. The van der Waals surface area contributed by atoms with E-state index in [2.05, 4.69) is 32.4 Å². The maximum absolute atomic E-state index is 5.29. The summed E-state index contributed by atoms with van der Waals surface area (Å²) in [5.41, 5.74) is 0. The zero-order valence-electron chi connectivity index (χ0n) is 8.05. The fourth-order valence-corrected chi connectivity index (χ4v) is 0.826. The lowest BCUT2D eigenvalue weighted by Crippen LogP contribution is -2.30. The normalized spacial score (nSPS) is 13.2. The second kappa shape index (κ2) is 5.19. The van der Waals surface area contributed by atoms with Gasteiger partial charge in [-0.3, -0.25) is 4.90 Å². The molecule has 0 bridgehead atoms. The Balaban J connectivity index is 3.80. The first-order valence-electron chi connectivity index (χ1n) is 4.15. The first-order chi connectivity index (χ1) is 5.13. The molecule has 1 unspecified atom stereocenters. The van der Waals surface area contributed by atoms with Gasteiger partial charge in [0.1, 0.15) is 5.76 Å². The van der Waals surface area contributed by atoms with Gasteiger partial charge in [-0.1, -0.05) is 13.5 Å². The zero-order valence-corrected chi connectivity index (χ0v) is 8.05. The van der Waals surface area contributed by atoms with E-state index in [1.807, 2.05) is 6.92 Å². The van der Waals surface area contributed by atoms with E-state index in [0.29, 0.717) is 12.6 Å². The molecule has 11 heavy (non-hydrogen) atoms. The third-order valence-electron chi connectivity index (χ3n) is 1.96. The molecule has 0 fully saturated rings. The predicted octanol–water partition coefficient (Wildman–Crippen LogP) is 1.88. The van der Waals surface area contributed by atoms with Crippen LogP contribution in [0.1, 0.15) is 20.8 Å². The monoisotopic (exact) mass is 157 g/mol. The van der Waals surface area contributed by atoms with Crippen molar-refractivity contribution in [2.24, 2.45) is 0 Å². The molecule has 0 N–H and O–H groups in total. The number of hydrogen-bond acceptors (Lipinski definition) is 2. The van der Waals surface area contributed by atoms with Gasteiger partial charge in [-0.25, -0.2) is 0 Å². The number of rotatable bonds is 5. The highest BCUT2D eigenvalue weighted by atomic mass is 16.5. The number of ether oxygens (including phenoxy) is 1. The molecule has 0 rings (SSSR count). The van der Waals surface area contributed by atoms with Crippen LogP contribution in [0.2, 0.25) is 0 Å². The highest BCUT2D eigenvalue weighted by Crippen LogP contribution is 2.06. The number of nitrogens with zero attached hydrogens (tertiary/aromatic N) is 1. The molecular formula is C9H19NO. The topological polar surface area (TPSA) is 12.5 Å². The number of hydrogen-bond donors (Lipinski definition) is 0. The molecule has 1 atom stereocenters. The highest BCUT2D eigenvalue weighted by Gasteiger charge is 2.10. The lowest BCUT2D eigenvalue weighted by molar-refractivity contribution is 0.159. The summed E-state index contributed by atoms with van der Waals surface area (Å²) < 4.78 is 5.29. The molecule has 0 aromatic carbocycles. The van der Waals surface area contributed by atoms with Crippen molar-refractivity contribution >= 4 is 0 Å². The van der Waals surface area contributed by atoms with E-state index in [4.69, 9.17) is 4.74 Å². The van der Waals surface area contributed by atoms with Crippen molar-refractivity contribution < 1.29 is 4.74 Å². The molecule has 66 valence electrons. The van der Waals surface area contributed by atoms with Crippen molar-refractivity contribution in [2.45, 2.75) is 26.8 Å². The molecule has 0 aliphatic carbocycles. The molecule has 0 aromatic heterocycles. The van der Waals surface area contributed by atoms with Gasteiger partial charge < -0.3 is 4.74 Å². The van der Waals surface area contributed by atoms with Gasteiger partial charge in [0.15, 0.2) is 0 Å². The second-order valence-corrected chi connectivity index (χ2v) is 2.65. The summed E-state index contributed by atoms with van der Waals surface area (Å²) in [6.07, 6.45) is 0. The summed E-state index contributed by atoms with van der Waals surface area (Å²) >= 11 is 0. The first kappa shape index (κ1) is 10.5. The van der Waals surface area contributed by atoms with Gasteiger partial charge in [-0.05, 0) is 27.4 Å². The minimum absolute atomic E-state index is 0.319. The van der Waals surface area contributed by atoms with E-state index in [1.165, 1.54) is 0 Å². The van der Waals surface area contributed by atoms with Crippen LogP contribution in [0, 0.1) is 0 Å². The summed E-state index contributed by atoms with van der Waals surface area (Å²) in [7, 11) is 2.06. The third kappa shape index (κ3) is 3.42. The molecule has 0 radical (unpaired) electrons. The average Bonchev–Trinajstić information content (AvgIpc) is 2.02. The fraction of sp³-hybridized carbons (Fsp3) is 0.778. The molecule has 0 amide bonds. The van der Waals surface area contributed by atoms with E-state index in [1.54, 1.807) is 0 Å². The quantitative estimate of drug-likeness (QED) is 0.565. The van der Waals surface area contributed by atoms with E-state index in [-0.39, 0.29) is 0 Å². The Kier molecular flexibility index (Phi) is 4.95. The van der Waals surface area contributed by atoms with Crippen molar-refractivity contribution in [2.75, 3.05) is 20.2 Å². The van der Waals surface area contributed by atoms with E-state index < -0.39 is 0 Å². The molecule has 0 saturated carbocycles. The van der Waals surface area contributed by atoms with Crippen LogP contribution in [0.15, 0.2) is 12.3 Å². The third-order valence-corrected chi connectivity index (χ3v) is 1.96. The molecule has 0 saturated heterocycles. The minimum atomic E-state index is 0.319. The number of likely N-dealkylation sites (N-methyl/N-ethyl adjacent to an activating group) is 1. The molecule has 0 aliphatic heterocycles. The molecule has 0 aromatic rings. The standard InChI is InChI=1S/C9H19NO/c1-6-10(5)8(3)9(4)11-7-2/h8H,4,6-7H2,1-3,5H3. The first-order valence-corrected chi connectivity index (χ1v) is 4.15. The second-order valence-electron chi connectivity index (χ2n) is 2.65. The Morgan fingerprint density at radius 2 is 2.09 bits per heavy atom. The molecule has 2 nitrogen and oxygen atoms in total. The van der Waals surface area contributed by atoms with Gasteiger partial charge >= 0.3 is 0 Å². The molecule has 0 spiro atoms. The Bertz CT molecular complexity index is 123. The zero-order chi connectivity index (χ0) is 8.85. The molecule has 0 heterocycles. The van der Waals surface area contributed by atoms with Crippen molar-refractivity contribution in [1.29, 1.82) is 0 Å². The Labute approximate surface area is 69.8 Å². The van der Waals surface area contributed by atoms with Crippen LogP contribution in [-0.2, 0) is 4.74 Å². The van der Waals surface area contributed by atoms with Gasteiger partial charge in [-0.15, -0.1) is 0 Å². The average molecular weight is 157 g/mol. The maximum Gasteiger partial charge on any atom is 0.106 e. The van der Waals surface area contributed by atoms with Crippen molar-refractivity contribution in [3.8, 4) is 0 Å². The van der Waals surface area contributed by atoms with Gasteiger partial charge in [0.25, 0.3) is 0 Å². The van der Waals surface area contributed by atoms with Crippen molar-refractivity contribution in [3.63, 3.8) is 0 Å². The summed E-state index contributed by atoms with van der Waals surface area (Å²) in [5, 5.41) is 0. The van der Waals surface area contributed by atoms with Crippen LogP contribution in [0.3, 0.4) is 0 Å². The van der Waals surface area contributed by atoms with Crippen LogP contribution in [0.25, 0.3) is 0 Å². The Morgan fingerprint density at radius 1 is 1.55 bits per heavy atom. The van der Waals surface area contributed by atoms with Crippen LogP contribution in [-0.4, -0.2) is 31.1 Å². The lowest BCUT2D eigenvalue weighted by atomic mass is 10.2. The van der Waals surface area contributed by atoms with Crippen LogP contribution in [0.4, 0.5) is 0 Å². The summed E-state index contributed by atoms with van der Waals surface area (Å²) in [6.45, 7) is 11.8. The van der Waals surface area contributed by atoms with E-state index in [9.17, 15) is 0 Å². The van der Waals surface area contributed by atoms with E-state index in [0.717, 1.165) is 12.3 Å². The lowest BCUT2D eigenvalue weighted by Gasteiger charge is -2.24. The van der Waals surface area contributed by atoms with Crippen LogP contribution in [0.5, 0.6) is 0 Å². The fourth-order valence-electron chi connectivity index (χ4n) is 0.826.